The Hall–Kier alpha value is -3.27. The molecule has 1 amide bonds. The molecule has 0 aromatic carbocycles. The van der Waals surface area contributed by atoms with Gasteiger partial charge in [-0.05, 0) is 44.6 Å². The van der Waals surface area contributed by atoms with Crippen LogP contribution in [-0.2, 0) is 14.8 Å². The van der Waals surface area contributed by atoms with Crippen molar-refractivity contribution >= 4 is 33.0 Å². The van der Waals surface area contributed by atoms with Gasteiger partial charge in [0.2, 0.25) is 11.8 Å². The van der Waals surface area contributed by atoms with Gasteiger partial charge in [0.1, 0.15) is 17.3 Å². The van der Waals surface area contributed by atoms with E-state index in [4.69, 9.17) is 4.74 Å². The van der Waals surface area contributed by atoms with Crippen molar-refractivity contribution in [3.8, 4) is 5.88 Å². The number of pyridine rings is 1. The Morgan fingerprint density at radius 3 is 2.47 bits per heavy atom. The Kier molecular flexibility index (Phi) is 8.66. The highest BCUT2D eigenvalue weighted by Crippen LogP contribution is 2.29. The molecule has 1 aromatic heterocycles. The molecule has 1 heterocycles. The summed E-state index contributed by atoms with van der Waals surface area (Å²) in [5, 5.41) is 2.55. The highest BCUT2D eigenvalue weighted by atomic mass is 32.2. The third-order valence-electron chi connectivity index (χ3n) is 3.66. The van der Waals surface area contributed by atoms with Crippen LogP contribution in [0.1, 0.15) is 33.3 Å². The van der Waals surface area contributed by atoms with Crippen LogP contribution in [0.15, 0.2) is 59.0 Å². The highest BCUT2D eigenvalue weighted by Gasteiger charge is 2.20. The van der Waals surface area contributed by atoms with Crippen LogP contribution in [-0.4, -0.2) is 32.3 Å². The molecule has 0 unspecified atom stereocenters. The van der Waals surface area contributed by atoms with E-state index in [0.29, 0.717) is 22.7 Å². The Morgan fingerprint density at radius 2 is 1.93 bits per heavy atom. The topological polar surface area (TPSA) is 110 Å². The van der Waals surface area contributed by atoms with E-state index in [1.165, 1.54) is 26.3 Å². The number of hydrogen-bond acceptors (Lipinski definition) is 6. The summed E-state index contributed by atoms with van der Waals surface area (Å²) >= 11 is 0. The molecule has 0 spiro atoms. The van der Waals surface area contributed by atoms with Crippen LogP contribution in [0.3, 0.4) is 0 Å². The zero-order chi connectivity index (χ0) is 23.1. The van der Waals surface area contributed by atoms with Crippen molar-refractivity contribution in [2.75, 3.05) is 11.8 Å². The summed E-state index contributed by atoms with van der Waals surface area (Å²) in [5.41, 5.74) is 1.52. The van der Waals surface area contributed by atoms with Crippen molar-refractivity contribution < 1.29 is 22.3 Å². The predicted octanol–water partition coefficient (Wildman–Crippen LogP) is 3.69. The van der Waals surface area contributed by atoms with Gasteiger partial charge in [-0.25, -0.2) is 22.8 Å². The Balaban J connectivity index is 3.28. The molecule has 0 radical (unpaired) electrons. The van der Waals surface area contributed by atoms with E-state index in [0.717, 1.165) is 13.0 Å². The van der Waals surface area contributed by atoms with Gasteiger partial charge < -0.3 is 10.1 Å². The number of anilines is 1. The molecule has 0 fully saturated rings. The van der Waals surface area contributed by atoms with Gasteiger partial charge in [-0.2, -0.15) is 0 Å². The van der Waals surface area contributed by atoms with Crippen LogP contribution in [0.25, 0.3) is 5.57 Å². The lowest BCUT2D eigenvalue weighted by Gasteiger charge is -2.13. The number of methoxy groups -OCH3 is 1. The summed E-state index contributed by atoms with van der Waals surface area (Å²) in [6.45, 7) is 13.0. The number of amidine groups is 1. The standard InChI is InChI=1S/C20H25FN4O4S/c1-8-18(21)14(4)30(27,28)25-19-10-17(11-22-20(19)29-7)12(2)9-13(3)23-15(5)24-16(6)26/h8-11,25H,1-2H2,3-7H3,(H,23,24,26)/b13-9+,18-14?. The summed E-state index contributed by atoms with van der Waals surface area (Å²) in [6.07, 6.45) is 3.88. The summed E-state index contributed by atoms with van der Waals surface area (Å²) in [7, 11) is -2.87. The first-order valence-corrected chi connectivity index (χ1v) is 10.2. The molecule has 10 heteroatoms. The predicted molar refractivity (Wildman–Crippen MR) is 117 cm³/mol. The number of carbonyl (C=O) groups is 1. The molecule has 162 valence electrons. The average molecular weight is 437 g/mol. The molecular formula is C20H25FN4O4S. The number of aliphatic imine (C=N–C) groups is 1. The molecule has 2 N–H and O–H groups in total. The maximum atomic E-state index is 13.7. The molecule has 1 aromatic rings. The second-order valence-corrected chi connectivity index (χ2v) is 8.01. The number of ether oxygens (including phenoxy) is 1. The van der Waals surface area contributed by atoms with Crippen LogP contribution in [0, 0.1) is 0 Å². The van der Waals surface area contributed by atoms with Crippen LogP contribution in [0.4, 0.5) is 10.1 Å². The van der Waals surface area contributed by atoms with Crippen molar-refractivity contribution in [3.05, 3.63) is 59.6 Å². The number of hydrogen-bond donors (Lipinski definition) is 2. The number of halogens is 1. The lowest BCUT2D eigenvalue weighted by molar-refractivity contribution is -0.117. The second kappa shape index (κ2) is 10.5. The number of nitrogens with one attached hydrogen (secondary N) is 2. The highest BCUT2D eigenvalue weighted by molar-refractivity contribution is 7.96. The fourth-order valence-electron chi connectivity index (χ4n) is 2.27. The monoisotopic (exact) mass is 436 g/mol. The number of sulfonamides is 1. The van der Waals surface area contributed by atoms with Crippen molar-refractivity contribution in [2.45, 2.75) is 27.7 Å². The number of nitrogens with zero attached hydrogens (tertiary/aromatic N) is 2. The molecule has 0 aliphatic rings. The zero-order valence-corrected chi connectivity index (χ0v) is 18.4. The lowest BCUT2D eigenvalue weighted by atomic mass is 10.1. The molecule has 0 bridgehead atoms. The van der Waals surface area contributed by atoms with Gasteiger partial charge in [0, 0.05) is 24.4 Å². The molecule has 8 nitrogen and oxygen atoms in total. The molecule has 0 aliphatic carbocycles. The first kappa shape index (κ1) is 24.8. The van der Waals surface area contributed by atoms with E-state index in [-0.39, 0.29) is 17.5 Å². The molecule has 0 atom stereocenters. The summed E-state index contributed by atoms with van der Waals surface area (Å²) in [5.74, 6) is -0.795. The summed E-state index contributed by atoms with van der Waals surface area (Å²) in [6, 6.07) is 1.46. The molecule has 0 saturated carbocycles. The quantitative estimate of drug-likeness (QED) is 0.367. The minimum Gasteiger partial charge on any atom is -0.480 e. The third-order valence-corrected chi connectivity index (χ3v) is 5.15. The number of amides is 1. The molecule has 1 rings (SSSR count). The van der Waals surface area contributed by atoms with Gasteiger partial charge in [0.15, 0.2) is 0 Å². The number of rotatable bonds is 8. The van der Waals surface area contributed by atoms with Gasteiger partial charge in [-0.3, -0.25) is 9.52 Å². The van der Waals surface area contributed by atoms with E-state index in [9.17, 15) is 17.6 Å². The van der Waals surface area contributed by atoms with E-state index in [2.05, 4.69) is 33.2 Å². The Morgan fingerprint density at radius 1 is 1.30 bits per heavy atom. The average Bonchev–Trinajstić information content (AvgIpc) is 2.65. The van der Waals surface area contributed by atoms with Gasteiger partial charge in [-0.15, -0.1) is 0 Å². The minimum absolute atomic E-state index is 0.00200. The van der Waals surface area contributed by atoms with Gasteiger partial charge >= 0.3 is 0 Å². The maximum Gasteiger partial charge on any atom is 0.260 e. The maximum absolute atomic E-state index is 13.7. The molecule has 0 saturated heterocycles. The van der Waals surface area contributed by atoms with Gasteiger partial charge in [0.25, 0.3) is 10.0 Å². The molecule has 0 aliphatic heterocycles. The van der Waals surface area contributed by atoms with Crippen molar-refractivity contribution in [1.29, 1.82) is 0 Å². The largest absolute Gasteiger partial charge is 0.480 e. The van der Waals surface area contributed by atoms with Crippen LogP contribution < -0.4 is 14.8 Å². The van der Waals surface area contributed by atoms with E-state index in [1.54, 1.807) is 19.9 Å². The number of allylic oxidation sites excluding steroid dienone is 6. The van der Waals surface area contributed by atoms with Gasteiger partial charge in [-0.1, -0.05) is 13.2 Å². The SMILES string of the molecule is C=CC(F)=C(C)S(=O)(=O)Nc1cc(C(=C)/C=C(\C)N=C(C)NC(C)=O)cnc1OC. The zero-order valence-electron chi connectivity index (χ0n) is 17.5. The van der Waals surface area contributed by atoms with Crippen molar-refractivity contribution in [3.63, 3.8) is 0 Å². The number of aromatic nitrogens is 1. The fraction of sp³-hybridized carbons (Fsp3) is 0.250. The first-order valence-electron chi connectivity index (χ1n) is 8.67. The first-order chi connectivity index (χ1) is 13.9. The number of carbonyl (C=O) groups excluding carboxylic acids is 1. The second-order valence-electron chi connectivity index (χ2n) is 6.18. The fourth-order valence-corrected chi connectivity index (χ4v) is 3.20. The summed E-state index contributed by atoms with van der Waals surface area (Å²) in [4.78, 5) is 18.8. The van der Waals surface area contributed by atoms with Crippen molar-refractivity contribution in [2.24, 2.45) is 4.99 Å². The van der Waals surface area contributed by atoms with E-state index in [1.807, 2.05) is 0 Å². The third kappa shape index (κ3) is 6.96. The van der Waals surface area contributed by atoms with Crippen LogP contribution in [0.2, 0.25) is 0 Å². The summed E-state index contributed by atoms with van der Waals surface area (Å²) < 4.78 is 45.8. The normalized spacial score (nSPS) is 13.3. The van der Waals surface area contributed by atoms with Crippen LogP contribution in [0.5, 0.6) is 5.88 Å². The Bertz CT molecular complexity index is 1060. The lowest BCUT2D eigenvalue weighted by Crippen LogP contribution is -2.25. The van der Waals surface area contributed by atoms with E-state index < -0.39 is 20.8 Å². The van der Waals surface area contributed by atoms with E-state index >= 15 is 0 Å². The molecular weight excluding hydrogens is 411 g/mol. The van der Waals surface area contributed by atoms with Crippen LogP contribution >= 0.6 is 0 Å². The van der Waals surface area contributed by atoms with Gasteiger partial charge in [0.05, 0.1) is 12.0 Å². The minimum atomic E-state index is -4.19. The van der Waals surface area contributed by atoms with Crippen molar-refractivity contribution in [1.82, 2.24) is 10.3 Å². The Labute approximate surface area is 176 Å². The molecule has 30 heavy (non-hydrogen) atoms. The smallest absolute Gasteiger partial charge is 0.260 e.